The van der Waals surface area contributed by atoms with Crippen LogP contribution in [0.2, 0.25) is 0 Å². The Balaban J connectivity index is 1.57. The maximum atomic E-state index is 12.5. The summed E-state index contributed by atoms with van der Waals surface area (Å²) in [6.45, 7) is 4.32. The van der Waals surface area contributed by atoms with E-state index >= 15 is 0 Å². The van der Waals surface area contributed by atoms with Crippen LogP contribution in [0.4, 0.5) is 0 Å². The number of benzene rings is 1. The predicted octanol–water partition coefficient (Wildman–Crippen LogP) is 3.86. The summed E-state index contributed by atoms with van der Waals surface area (Å²) in [4.78, 5) is 20.9. The highest BCUT2D eigenvalue weighted by atomic mass is 32.2. The smallest absolute Gasteiger partial charge is 0.230 e. The number of hydrogen-bond donors (Lipinski definition) is 2. The lowest BCUT2D eigenvalue weighted by Gasteiger charge is -2.21. The Labute approximate surface area is 163 Å². The van der Waals surface area contributed by atoms with Gasteiger partial charge in [0.15, 0.2) is 5.82 Å². The first-order valence-corrected chi connectivity index (χ1v) is 9.90. The van der Waals surface area contributed by atoms with Crippen LogP contribution in [0.25, 0.3) is 11.4 Å². The number of nitrogens with zero attached hydrogens (tertiary/aromatic N) is 3. The third-order valence-corrected chi connectivity index (χ3v) is 4.84. The van der Waals surface area contributed by atoms with Crippen LogP contribution >= 0.6 is 11.8 Å². The number of H-pyrrole nitrogens is 1. The number of aromatic nitrogens is 4. The molecule has 3 aromatic rings. The minimum atomic E-state index is -0.0234. The molecule has 0 saturated carbocycles. The van der Waals surface area contributed by atoms with E-state index in [1.807, 2.05) is 30.3 Å². The van der Waals surface area contributed by atoms with E-state index in [0.29, 0.717) is 16.9 Å². The molecule has 27 heavy (non-hydrogen) atoms. The minimum absolute atomic E-state index is 0.0128. The molecular formula is C20H23N5OS. The highest BCUT2D eigenvalue weighted by molar-refractivity contribution is 7.99. The van der Waals surface area contributed by atoms with Crippen molar-refractivity contribution >= 4 is 17.7 Å². The van der Waals surface area contributed by atoms with E-state index in [4.69, 9.17) is 0 Å². The lowest BCUT2D eigenvalue weighted by atomic mass is 9.97. The van der Waals surface area contributed by atoms with Crippen LogP contribution < -0.4 is 5.32 Å². The summed E-state index contributed by atoms with van der Waals surface area (Å²) in [5.41, 5.74) is 2.04. The first-order chi connectivity index (χ1) is 13.1. The van der Waals surface area contributed by atoms with Gasteiger partial charge in [0.25, 0.3) is 0 Å². The molecule has 2 N–H and O–H groups in total. The second-order valence-corrected chi connectivity index (χ2v) is 7.59. The molecule has 140 valence electrons. The Kier molecular flexibility index (Phi) is 6.59. The quantitative estimate of drug-likeness (QED) is 0.579. The zero-order valence-corrected chi connectivity index (χ0v) is 16.2. The van der Waals surface area contributed by atoms with E-state index in [1.54, 1.807) is 12.4 Å². The molecule has 0 aliphatic carbocycles. The van der Waals surface area contributed by atoms with Crippen LogP contribution in [-0.2, 0) is 4.79 Å². The number of rotatable bonds is 8. The van der Waals surface area contributed by atoms with Gasteiger partial charge in [-0.2, -0.15) is 0 Å². The van der Waals surface area contributed by atoms with Crippen molar-refractivity contribution in [1.82, 2.24) is 25.5 Å². The molecule has 1 amide bonds. The van der Waals surface area contributed by atoms with Crippen molar-refractivity contribution in [3.05, 3.63) is 60.4 Å². The Morgan fingerprint density at radius 3 is 2.59 bits per heavy atom. The van der Waals surface area contributed by atoms with Gasteiger partial charge in [0.2, 0.25) is 11.1 Å². The van der Waals surface area contributed by atoms with Crippen molar-refractivity contribution in [1.29, 1.82) is 0 Å². The number of thioether (sulfide) groups is 1. The molecule has 0 spiro atoms. The fourth-order valence-corrected chi connectivity index (χ4v) is 3.36. The highest BCUT2D eigenvalue weighted by Gasteiger charge is 2.17. The maximum Gasteiger partial charge on any atom is 0.230 e. The molecule has 0 saturated heterocycles. The molecule has 0 aliphatic rings. The van der Waals surface area contributed by atoms with Gasteiger partial charge in [0.05, 0.1) is 11.8 Å². The SMILES string of the molecule is CC(C)C[C@@H](NC(=O)CSc1n[nH]c(-c2ccncc2)n1)c1ccccc1. The van der Waals surface area contributed by atoms with Gasteiger partial charge in [-0.3, -0.25) is 14.9 Å². The topological polar surface area (TPSA) is 83.6 Å². The highest BCUT2D eigenvalue weighted by Crippen LogP contribution is 2.22. The van der Waals surface area contributed by atoms with E-state index < -0.39 is 0 Å². The van der Waals surface area contributed by atoms with E-state index in [2.05, 4.69) is 51.5 Å². The number of carbonyl (C=O) groups is 1. The summed E-state index contributed by atoms with van der Waals surface area (Å²) in [6.07, 6.45) is 4.31. The van der Waals surface area contributed by atoms with Gasteiger partial charge in [0, 0.05) is 18.0 Å². The average Bonchev–Trinajstić information content (AvgIpc) is 3.16. The molecule has 6 nitrogen and oxygen atoms in total. The molecule has 0 aliphatic heterocycles. The minimum Gasteiger partial charge on any atom is -0.349 e. The molecule has 2 heterocycles. The molecule has 0 fully saturated rings. The standard InChI is InChI=1S/C20H23N5OS/c1-14(2)12-17(15-6-4-3-5-7-15)22-18(26)13-27-20-23-19(24-25-20)16-8-10-21-11-9-16/h3-11,14,17H,12-13H2,1-2H3,(H,22,26)(H,23,24,25)/t17-/m1/s1. The summed E-state index contributed by atoms with van der Waals surface area (Å²) < 4.78 is 0. The number of amides is 1. The Morgan fingerprint density at radius 2 is 1.89 bits per heavy atom. The fraction of sp³-hybridized carbons (Fsp3) is 0.300. The lowest BCUT2D eigenvalue weighted by molar-refractivity contribution is -0.119. The first-order valence-electron chi connectivity index (χ1n) is 8.91. The van der Waals surface area contributed by atoms with Crippen molar-refractivity contribution in [2.75, 3.05) is 5.75 Å². The summed E-state index contributed by atoms with van der Waals surface area (Å²) in [5.74, 6) is 1.40. The van der Waals surface area contributed by atoms with Crippen LogP contribution in [0, 0.1) is 5.92 Å². The molecular weight excluding hydrogens is 358 g/mol. The van der Waals surface area contributed by atoms with Crippen molar-refractivity contribution in [2.45, 2.75) is 31.5 Å². The third kappa shape index (κ3) is 5.65. The molecule has 3 rings (SSSR count). The van der Waals surface area contributed by atoms with Gasteiger partial charge < -0.3 is 5.32 Å². The zero-order valence-electron chi connectivity index (χ0n) is 15.4. The maximum absolute atomic E-state index is 12.5. The number of nitrogens with one attached hydrogen (secondary N) is 2. The fourth-order valence-electron chi connectivity index (χ4n) is 2.75. The largest absolute Gasteiger partial charge is 0.349 e. The van der Waals surface area contributed by atoms with E-state index in [-0.39, 0.29) is 17.7 Å². The normalized spacial score (nSPS) is 12.1. The van der Waals surface area contributed by atoms with Crippen molar-refractivity contribution in [3.63, 3.8) is 0 Å². The van der Waals surface area contributed by atoms with E-state index in [9.17, 15) is 4.79 Å². The number of hydrogen-bond acceptors (Lipinski definition) is 5. The van der Waals surface area contributed by atoms with Crippen LogP contribution in [0.3, 0.4) is 0 Å². The van der Waals surface area contributed by atoms with Gasteiger partial charge in [-0.25, -0.2) is 4.98 Å². The van der Waals surface area contributed by atoms with Gasteiger partial charge >= 0.3 is 0 Å². The van der Waals surface area contributed by atoms with Gasteiger partial charge in [-0.15, -0.1) is 5.10 Å². The molecule has 0 bridgehead atoms. The summed E-state index contributed by atoms with van der Waals surface area (Å²) in [7, 11) is 0. The molecule has 1 aromatic carbocycles. The van der Waals surface area contributed by atoms with Gasteiger partial charge in [-0.05, 0) is 30.0 Å². The number of pyridine rings is 1. The first kappa shape index (κ1) is 19.1. The zero-order chi connectivity index (χ0) is 19.1. The summed E-state index contributed by atoms with van der Waals surface area (Å²) in [6, 6.07) is 13.8. The second-order valence-electron chi connectivity index (χ2n) is 6.65. The Hall–Kier alpha value is -2.67. The van der Waals surface area contributed by atoms with Crippen molar-refractivity contribution < 1.29 is 4.79 Å². The molecule has 1 atom stereocenters. The summed E-state index contributed by atoms with van der Waals surface area (Å²) in [5, 5.41) is 10.8. The molecule has 0 radical (unpaired) electrons. The lowest BCUT2D eigenvalue weighted by Crippen LogP contribution is -2.30. The molecule has 0 unspecified atom stereocenters. The van der Waals surface area contributed by atoms with E-state index in [1.165, 1.54) is 11.8 Å². The van der Waals surface area contributed by atoms with Crippen LogP contribution in [0.15, 0.2) is 60.0 Å². The monoisotopic (exact) mass is 381 g/mol. The Morgan fingerprint density at radius 1 is 1.15 bits per heavy atom. The Bertz CT molecular complexity index is 851. The van der Waals surface area contributed by atoms with Gasteiger partial charge in [0.1, 0.15) is 0 Å². The van der Waals surface area contributed by atoms with Crippen molar-refractivity contribution in [3.8, 4) is 11.4 Å². The molecule has 2 aromatic heterocycles. The average molecular weight is 382 g/mol. The number of carbonyl (C=O) groups excluding carboxylic acids is 1. The third-order valence-electron chi connectivity index (χ3n) is 4.00. The summed E-state index contributed by atoms with van der Waals surface area (Å²) >= 11 is 1.32. The van der Waals surface area contributed by atoms with Crippen LogP contribution in [-0.4, -0.2) is 31.8 Å². The van der Waals surface area contributed by atoms with Crippen molar-refractivity contribution in [2.24, 2.45) is 5.92 Å². The van der Waals surface area contributed by atoms with Gasteiger partial charge in [-0.1, -0.05) is 55.9 Å². The predicted molar refractivity (Wildman–Crippen MR) is 107 cm³/mol. The van der Waals surface area contributed by atoms with Crippen LogP contribution in [0.5, 0.6) is 0 Å². The molecule has 7 heteroatoms. The van der Waals surface area contributed by atoms with E-state index in [0.717, 1.165) is 17.5 Å². The second kappa shape index (κ2) is 9.32. The van der Waals surface area contributed by atoms with Crippen LogP contribution in [0.1, 0.15) is 31.9 Å². The number of aromatic amines is 1.